The second kappa shape index (κ2) is 12.8. The number of benzene rings is 3. The molecule has 5 unspecified atom stereocenters. The van der Waals surface area contributed by atoms with Gasteiger partial charge in [0, 0.05) is 51.3 Å². The van der Waals surface area contributed by atoms with Gasteiger partial charge in [-0.1, -0.05) is 54.6 Å². The minimum atomic E-state index is -1.65. The van der Waals surface area contributed by atoms with Crippen LogP contribution >= 0.6 is 0 Å². The van der Waals surface area contributed by atoms with Gasteiger partial charge in [0.1, 0.15) is 0 Å². The molecule has 4 heterocycles. The number of aromatic amines is 3. The first-order valence-corrected chi connectivity index (χ1v) is 15.4. The maximum absolute atomic E-state index is 13.5. The van der Waals surface area contributed by atoms with Crippen molar-refractivity contribution in [1.29, 1.82) is 0 Å². The SMILES string of the molecule is CC1OC(O)C(OC(=O)Cc2c[nH]c3ccccc23)C(OC(=O)Cc2c[nH]c3ccccc23)C1OC(=O)Cc1c[nH]c2ccccc12. The minimum Gasteiger partial charge on any atom is -0.455 e. The van der Waals surface area contributed by atoms with Crippen molar-refractivity contribution in [3.8, 4) is 0 Å². The van der Waals surface area contributed by atoms with Crippen molar-refractivity contribution in [2.75, 3.05) is 0 Å². The van der Waals surface area contributed by atoms with Crippen molar-refractivity contribution < 1.29 is 38.4 Å². The Kier molecular flexibility index (Phi) is 8.23. The van der Waals surface area contributed by atoms with E-state index in [1.54, 1.807) is 25.5 Å². The number of aromatic nitrogens is 3. The molecule has 1 aliphatic rings. The number of nitrogens with one attached hydrogen (secondary N) is 3. The first kappa shape index (κ1) is 30.3. The molecule has 0 bridgehead atoms. The average molecular weight is 636 g/mol. The van der Waals surface area contributed by atoms with Crippen molar-refractivity contribution in [1.82, 2.24) is 15.0 Å². The topological polar surface area (TPSA) is 156 Å². The van der Waals surface area contributed by atoms with Gasteiger partial charge in [0.05, 0.1) is 25.4 Å². The summed E-state index contributed by atoms with van der Waals surface area (Å²) in [5.74, 6) is -1.94. The summed E-state index contributed by atoms with van der Waals surface area (Å²) < 4.78 is 23.3. The van der Waals surface area contributed by atoms with E-state index in [9.17, 15) is 19.5 Å². The van der Waals surface area contributed by atoms with E-state index < -0.39 is 48.6 Å². The zero-order valence-electron chi connectivity index (χ0n) is 25.5. The summed E-state index contributed by atoms with van der Waals surface area (Å²) in [6.45, 7) is 1.59. The molecular formula is C36H33N3O8. The molecule has 0 radical (unpaired) electrons. The third kappa shape index (κ3) is 6.23. The molecule has 3 aromatic carbocycles. The highest BCUT2D eigenvalue weighted by atomic mass is 16.7. The highest BCUT2D eigenvalue weighted by molar-refractivity contribution is 5.89. The second-order valence-electron chi connectivity index (χ2n) is 11.7. The van der Waals surface area contributed by atoms with Gasteiger partial charge in [0.2, 0.25) is 0 Å². The monoisotopic (exact) mass is 635 g/mol. The number of para-hydroxylation sites is 3. The molecule has 3 aromatic heterocycles. The number of carbonyl (C=O) groups excluding carboxylic acids is 3. The molecule has 7 rings (SSSR count). The highest BCUT2D eigenvalue weighted by Crippen LogP contribution is 2.30. The molecule has 11 heteroatoms. The van der Waals surface area contributed by atoms with Crippen LogP contribution in [0.1, 0.15) is 23.6 Å². The molecule has 1 saturated heterocycles. The van der Waals surface area contributed by atoms with Crippen LogP contribution in [0, 0.1) is 0 Å². The van der Waals surface area contributed by atoms with Crippen molar-refractivity contribution >= 4 is 50.6 Å². The van der Waals surface area contributed by atoms with Crippen LogP contribution in [-0.4, -0.2) is 68.7 Å². The predicted molar refractivity (Wildman–Crippen MR) is 172 cm³/mol. The van der Waals surface area contributed by atoms with E-state index in [4.69, 9.17) is 18.9 Å². The molecule has 0 aliphatic carbocycles. The van der Waals surface area contributed by atoms with Crippen molar-refractivity contribution in [3.05, 3.63) is 108 Å². The number of fused-ring (bicyclic) bond motifs is 3. The molecule has 11 nitrogen and oxygen atoms in total. The van der Waals surface area contributed by atoms with Crippen LogP contribution < -0.4 is 0 Å². The van der Waals surface area contributed by atoms with E-state index in [0.29, 0.717) is 11.1 Å². The number of aliphatic hydroxyl groups excluding tert-OH is 1. The Morgan fingerprint density at radius 2 is 0.957 bits per heavy atom. The normalized spacial score (nSPS) is 21.2. The summed E-state index contributed by atoms with van der Waals surface area (Å²) in [6, 6.07) is 22.6. The van der Waals surface area contributed by atoms with E-state index >= 15 is 0 Å². The lowest BCUT2D eigenvalue weighted by Crippen LogP contribution is -2.61. The number of aliphatic hydroxyl groups is 1. The standard InChI is InChI=1S/C36H33N3O8/c1-20-33(45-30(40)14-21-17-37-27-11-5-2-8-24(21)27)34(46-31(41)15-22-18-38-28-12-6-3-9-25(22)28)35(36(43)44-20)47-32(42)16-23-19-39-29-13-7-4-10-26(23)29/h2-13,17-20,33-39,43H,14-16H2,1H3. The Morgan fingerprint density at radius 3 is 1.38 bits per heavy atom. The van der Waals surface area contributed by atoms with Gasteiger partial charge in [-0.15, -0.1) is 0 Å². The first-order valence-electron chi connectivity index (χ1n) is 15.4. The molecule has 0 spiro atoms. The van der Waals surface area contributed by atoms with Crippen LogP contribution in [0.15, 0.2) is 91.4 Å². The lowest BCUT2D eigenvalue weighted by molar-refractivity contribution is -0.288. The fraction of sp³-hybridized carbons (Fsp3) is 0.250. The van der Waals surface area contributed by atoms with E-state index in [1.165, 1.54) is 0 Å². The van der Waals surface area contributed by atoms with Crippen LogP contribution in [0.4, 0.5) is 0 Å². The molecule has 0 saturated carbocycles. The average Bonchev–Trinajstić information content (AvgIpc) is 3.79. The number of esters is 3. The fourth-order valence-electron chi connectivity index (χ4n) is 6.29. The maximum Gasteiger partial charge on any atom is 0.310 e. The smallest absolute Gasteiger partial charge is 0.310 e. The summed E-state index contributed by atoms with van der Waals surface area (Å²) in [6.07, 6.45) is -1.68. The highest BCUT2D eigenvalue weighted by Gasteiger charge is 2.50. The molecule has 4 N–H and O–H groups in total. The van der Waals surface area contributed by atoms with Gasteiger partial charge in [-0.2, -0.15) is 0 Å². The zero-order chi connectivity index (χ0) is 32.5. The lowest BCUT2D eigenvalue weighted by atomic mass is 9.98. The predicted octanol–water partition coefficient (Wildman–Crippen LogP) is 4.63. The molecule has 0 amide bonds. The van der Waals surface area contributed by atoms with Crippen LogP contribution in [0.5, 0.6) is 0 Å². The van der Waals surface area contributed by atoms with Crippen LogP contribution in [0.3, 0.4) is 0 Å². The van der Waals surface area contributed by atoms with Crippen molar-refractivity contribution in [2.24, 2.45) is 0 Å². The van der Waals surface area contributed by atoms with Crippen LogP contribution in [0.2, 0.25) is 0 Å². The molecule has 47 heavy (non-hydrogen) atoms. The number of hydrogen-bond donors (Lipinski definition) is 4. The van der Waals surface area contributed by atoms with Crippen LogP contribution in [-0.2, 0) is 52.6 Å². The second-order valence-corrected chi connectivity index (χ2v) is 11.7. The Bertz CT molecular complexity index is 1970. The number of H-pyrrole nitrogens is 3. The van der Waals surface area contributed by atoms with Gasteiger partial charge in [-0.3, -0.25) is 14.4 Å². The molecule has 240 valence electrons. The number of carbonyl (C=O) groups is 3. The summed E-state index contributed by atoms with van der Waals surface area (Å²) in [4.78, 5) is 49.5. The van der Waals surface area contributed by atoms with E-state index in [-0.39, 0.29) is 19.3 Å². The van der Waals surface area contributed by atoms with E-state index in [2.05, 4.69) is 15.0 Å². The minimum absolute atomic E-state index is 0.0726. The molecule has 1 aliphatic heterocycles. The largest absolute Gasteiger partial charge is 0.455 e. The van der Waals surface area contributed by atoms with E-state index in [0.717, 1.165) is 38.3 Å². The number of hydrogen-bond acceptors (Lipinski definition) is 8. The summed E-state index contributed by atoms with van der Waals surface area (Å²) in [5, 5.41) is 13.6. The van der Waals surface area contributed by atoms with Gasteiger partial charge < -0.3 is 39.0 Å². The van der Waals surface area contributed by atoms with E-state index in [1.807, 2.05) is 72.8 Å². The Hall–Kier alpha value is -5.39. The van der Waals surface area contributed by atoms with Crippen molar-refractivity contribution in [2.45, 2.75) is 56.9 Å². The molecule has 5 atom stereocenters. The van der Waals surface area contributed by atoms with Gasteiger partial charge >= 0.3 is 17.9 Å². The van der Waals surface area contributed by atoms with Crippen LogP contribution in [0.25, 0.3) is 32.7 Å². The third-order valence-corrected chi connectivity index (χ3v) is 8.58. The van der Waals surface area contributed by atoms with Gasteiger partial charge in [-0.05, 0) is 41.8 Å². The number of rotatable bonds is 9. The molecule has 6 aromatic rings. The Balaban J connectivity index is 1.13. The van der Waals surface area contributed by atoms with Gasteiger partial charge in [-0.25, -0.2) is 0 Å². The quantitative estimate of drug-likeness (QED) is 0.132. The summed E-state index contributed by atoms with van der Waals surface area (Å²) in [7, 11) is 0. The lowest BCUT2D eigenvalue weighted by Gasteiger charge is -2.42. The van der Waals surface area contributed by atoms with Crippen molar-refractivity contribution in [3.63, 3.8) is 0 Å². The molecule has 1 fully saturated rings. The summed E-state index contributed by atoms with van der Waals surface area (Å²) in [5.41, 5.74) is 4.71. The first-order chi connectivity index (χ1) is 22.8. The third-order valence-electron chi connectivity index (χ3n) is 8.58. The Labute approximate surface area is 268 Å². The van der Waals surface area contributed by atoms with Gasteiger partial charge in [0.15, 0.2) is 24.6 Å². The van der Waals surface area contributed by atoms with Gasteiger partial charge in [0.25, 0.3) is 0 Å². The Morgan fingerprint density at radius 1 is 0.596 bits per heavy atom. The number of ether oxygens (including phenoxy) is 4. The fourth-order valence-corrected chi connectivity index (χ4v) is 6.29. The maximum atomic E-state index is 13.5. The molecular weight excluding hydrogens is 602 g/mol. The zero-order valence-corrected chi connectivity index (χ0v) is 25.5. The summed E-state index contributed by atoms with van der Waals surface area (Å²) >= 11 is 0.